The molecule has 64 heavy (non-hydrogen) atoms. The van der Waals surface area contributed by atoms with E-state index in [1.807, 2.05) is 36.4 Å². The van der Waals surface area contributed by atoms with Crippen LogP contribution < -0.4 is 9.88 Å². The number of rotatable bonds is 7. The van der Waals surface area contributed by atoms with Crippen molar-refractivity contribution in [1.29, 1.82) is 0 Å². The average Bonchev–Trinajstić information content (AvgIpc) is 3.80. The molecular formula is C58H47N6+. The quantitative estimate of drug-likeness (QED) is 0.163. The molecule has 1 N–H and O–H groups in total. The first-order valence-corrected chi connectivity index (χ1v) is 22.5. The molecule has 1 aliphatic heterocycles. The molecule has 0 atom stereocenters. The fourth-order valence-electron chi connectivity index (χ4n) is 10.5. The number of fused-ring (bicyclic) bond motifs is 9. The van der Waals surface area contributed by atoms with Gasteiger partial charge in [-0.1, -0.05) is 143 Å². The highest BCUT2D eigenvalue weighted by Gasteiger charge is 2.43. The number of pyridine rings is 1. The van der Waals surface area contributed by atoms with Crippen LogP contribution in [0.2, 0.25) is 0 Å². The van der Waals surface area contributed by atoms with Crippen LogP contribution in [0.4, 0.5) is 5.69 Å². The van der Waals surface area contributed by atoms with Crippen LogP contribution in [0.3, 0.4) is 0 Å². The first-order valence-electron chi connectivity index (χ1n) is 22.5. The van der Waals surface area contributed by atoms with Gasteiger partial charge in [0.2, 0.25) is 17.3 Å². The van der Waals surface area contributed by atoms with Gasteiger partial charge >= 0.3 is 0 Å². The fraction of sp³-hybridized carbons (Fsp3) is 0.138. The number of anilines is 1. The standard InChI is InChI=1S/C58H46N6/c1-5-58(6-2)62-50-29-27-41(34-47(50)51-26-15-16-31-63(51)58)39-22-17-23-40(32-39)42-28-30-52-45(33-42)46-35-44-43-24-13-14-25-48(43)57(3,4)49(44)36-53(46)64(52)56-60-54(37-18-9-7-10-19-37)59-55(61-56)38-20-11-8-12-21-38/h7-36H,5-6H2,1-4H3/p+1. The number of nitrogens with one attached hydrogen (secondary N) is 1. The Morgan fingerprint density at radius 2 is 1.09 bits per heavy atom. The van der Waals surface area contributed by atoms with Gasteiger partial charge in [-0.05, 0) is 93.0 Å². The van der Waals surface area contributed by atoms with E-state index in [1.165, 1.54) is 50.3 Å². The Kier molecular flexibility index (Phi) is 8.57. The van der Waals surface area contributed by atoms with Crippen molar-refractivity contribution in [3.05, 3.63) is 193 Å². The minimum Gasteiger partial charge on any atom is -0.325 e. The Morgan fingerprint density at radius 3 is 1.81 bits per heavy atom. The van der Waals surface area contributed by atoms with Gasteiger partial charge in [0.25, 0.3) is 0 Å². The second-order valence-electron chi connectivity index (χ2n) is 17.8. The van der Waals surface area contributed by atoms with Crippen molar-refractivity contribution >= 4 is 27.5 Å². The second kappa shape index (κ2) is 14.4. The average molecular weight is 828 g/mol. The molecule has 308 valence electrons. The number of benzene rings is 7. The molecule has 0 spiro atoms. The van der Waals surface area contributed by atoms with Crippen molar-refractivity contribution in [2.24, 2.45) is 0 Å². The number of hydrogen-bond acceptors (Lipinski definition) is 4. The Morgan fingerprint density at radius 1 is 0.484 bits per heavy atom. The maximum absolute atomic E-state index is 5.26. The van der Waals surface area contributed by atoms with Crippen molar-refractivity contribution < 1.29 is 4.57 Å². The van der Waals surface area contributed by atoms with Gasteiger partial charge in [0.05, 0.1) is 22.3 Å². The topological polar surface area (TPSA) is 59.5 Å². The lowest BCUT2D eigenvalue weighted by Gasteiger charge is -2.34. The molecule has 0 saturated carbocycles. The van der Waals surface area contributed by atoms with E-state index in [0.29, 0.717) is 17.6 Å². The van der Waals surface area contributed by atoms with Crippen molar-refractivity contribution in [3.63, 3.8) is 0 Å². The first kappa shape index (κ1) is 38.0. The highest BCUT2D eigenvalue weighted by atomic mass is 15.3. The van der Waals surface area contributed by atoms with E-state index in [9.17, 15) is 0 Å². The van der Waals surface area contributed by atoms with Gasteiger partial charge in [0.15, 0.2) is 17.8 Å². The molecule has 3 aromatic heterocycles. The van der Waals surface area contributed by atoms with Gasteiger partial charge in [-0.15, -0.1) is 0 Å². The Labute approximate surface area is 373 Å². The number of aromatic nitrogens is 5. The summed E-state index contributed by atoms with van der Waals surface area (Å²) in [5.74, 6) is 1.86. The largest absolute Gasteiger partial charge is 0.325 e. The molecule has 10 aromatic rings. The van der Waals surface area contributed by atoms with Gasteiger partial charge in [-0.25, -0.2) is 4.98 Å². The van der Waals surface area contributed by atoms with Crippen LogP contribution in [0.1, 0.15) is 51.7 Å². The Bertz CT molecular complexity index is 3410. The summed E-state index contributed by atoms with van der Waals surface area (Å²) >= 11 is 0. The third-order valence-electron chi connectivity index (χ3n) is 14.0. The molecule has 0 amide bonds. The summed E-state index contributed by atoms with van der Waals surface area (Å²) in [5, 5.41) is 6.23. The van der Waals surface area contributed by atoms with Crippen LogP contribution in [0.25, 0.3) is 95.2 Å². The predicted molar refractivity (Wildman–Crippen MR) is 261 cm³/mol. The van der Waals surface area contributed by atoms with Gasteiger partial charge < -0.3 is 5.32 Å². The minimum atomic E-state index is -0.181. The third-order valence-corrected chi connectivity index (χ3v) is 14.0. The highest BCUT2D eigenvalue weighted by Crippen LogP contribution is 2.51. The van der Waals surface area contributed by atoms with Crippen molar-refractivity contribution in [2.75, 3.05) is 5.32 Å². The zero-order chi connectivity index (χ0) is 43.2. The normalized spacial score (nSPS) is 14.1. The van der Waals surface area contributed by atoms with E-state index in [2.05, 4.69) is 188 Å². The van der Waals surface area contributed by atoms with E-state index in [1.54, 1.807) is 0 Å². The van der Waals surface area contributed by atoms with E-state index >= 15 is 0 Å². The van der Waals surface area contributed by atoms with Crippen molar-refractivity contribution in [3.8, 4) is 73.4 Å². The third kappa shape index (κ3) is 5.78. The van der Waals surface area contributed by atoms with Crippen LogP contribution in [0.5, 0.6) is 0 Å². The molecule has 6 nitrogen and oxygen atoms in total. The molecule has 0 bridgehead atoms. The zero-order valence-electron chi connectivity index (χ0n) is 36.5. The summed E-state index contributed by atoms with van der Waals surface area (Å²) in [6, 6.07) is 63.4. The van der Waals surface area contributed by atoms with Crippen LogP contribution in [0, 0.1) is 0 Å². The van der Waals surface area contributed by atoms with Crippen LogP contribution >= 0.6 is 0 Å². The van der Waals surface area contributed by atoms with Gasteiger partial charge in [0, 0.05) is 52.3 Å². The Balaban J connectivity index is 1.04. The first-order chi connectivity index (χ1) is 31.3. The summed E-state index contributed by atoms with van der Waals surface area (Å²) in [6.45, 7) is 9.21. The Hall–Kier alpha value is -7.70. The van der Waals surface area contributed by atoms with Crippen LogP contribution in [0.15, 0.2) is 182 Å². The molecule has 0 unspecified atom stereocenters. The van der Waals surface area contributed by atoms with Gasteiger partial charge in [0.1, 0.15) is 0 Å². The lowest BCUT2D eigenvalue weighted by Crippen LogP contribution is -2.63. The molecular weight excluding hydrogens is 781 g/mol. The van der Waals surface area contributed by atoms with E-state index in [-0.39, 0.29) is 11.1 Å². The molecule has 4 heterocycles. The maximum Gasteiger partial charge on any atom is 0.241 e. The minimum absolute atomic E-state index is 0.148. The number of nitrogens with zero attached hydrogens (tertiary/aromatic N) is 5. The smallest absolute Gasteiger partial charge is 0.241 e. The lowest BCUT2D eigenvalue weighted by molar-refractivity contribution is -0.751. The number of hydrogen-bond donors (Lipinski definition) is 1. The summed E-state index contributed by atoms with van der Waals surface area (Å²) in [7, 11) is 0. The van der Waals surface area contributed by atoms with Gasteiger partial charge in [-0.2, -0.15) is 14.5 Å². The fourth-order valence-corrected chi connectivity index (χ4v) is 10.5. The molecule has 0 saturated heterocycles. The summed E-state index contributed by atoms with van der Waals surface area (Å²) < 4.78 is 4.69. The highest BCUT2D eigenvalue weighted by molar-refractivity contribution is 6.12. The molecule has 0 radical (unpaired) electrons. The lowest BCUT2D eigenvalue weighted by atomic mass is 9.82. The summed E-state index contributed by atoms with van der Waals surface area (Å²) in [4.78, 5) is 15.6. The predicted octanol–water partition coefficient (Wildman–Crippen LogP) is 13.8. The molecule has 12 rings (SSSR count). The monoisotopic (exact) mass is 827 g/mol. The second-order valence-corrected chi connectivity index (χ2v) is 17.8. The van der Waals surface area contributed by atoms with Crippen LogP contribution in [-0.4, -0.2) is 19.5 Å². The van der Waals surface area contributed by atoms with E-state index in [4.69, 9.17) is 15.0 Å². The SMILES string of the molecule is CCC1(CC)Nc2ccc(-c3cccc(-c4ccc5c(c4)c4cc6c(cc4n5-c4nc(-c5ccccc5)nc(-c5ccccc5)n4)C(C)(C)c4ccccc4-6)c3)cc2-c2cccc[n+]21. The van der Waals surface area contributed by atoms with Crippen molar-refractivity contribution in [1.82, 2.24) is 19.5 Å². The van der Waals surface area contributed by atoms with E-state index in [0.717, 1.165) is 56.9 Å². The van der Waals surface area contributed by atoms with Crippen molar-refractivity contribution in [2.45, 2.75) is 51.6 Å². The van der Waals surface area contributed by atoms with E-state index < -0.39 is 0 Å². The molecule has 2 aliphatic rings. The zero-order valence-corrected chi connectivity index (χ0v) is 36.5. The van der Waals surface area contributed by atoms with Crippen LogP contribution in [-0.2, 0) is 11.1 Å². The molecule has 1 aliphatic carbocycles. The molecule has 0 fully saturated rings. The molecule has 7 aromatic carbocycles. The maximum atomic E-state index is 5.26. The molecule has 6 heteroatoms. The summed E-state index contributed by atoms with van der Waals surface area (Å²) in [5.41, 5.74) is 17.2. The van der Waals surface area contributed by atoms with Gasteiger partial charge in [-0.3, -0.25) is 4.57 Å². The summed E-state index contributed by atoms with van der Waals surface area (Å²) in [6.07, 6.45) is 4.20.